The number of carbonyl (C=O) groups is 3. The molecule has 0 aliphatic carbocycles. The first-order valence-electron chi connectivity index (χ1n) is 12.4. The number of nitrogens with zero attached hydrogens (tertiary/aromatic N) is 2. The van der Waals surface area contributed by atoms with Crippen molar-refractivity contribution in [2.45, 2.75) is 47.1 Å². The Morgan fingerprint density at radius 2 is 1.79 bits per heavy atom. The zero-order valence-corrected chi connectivity index (χ0v) is 22.8. The van der Waals surface area contributed by atoms with Crippen molar-refractivity contribution in [1.29, 1.82) is 0 Å². The lowest BCUT2D eigenvalue weighted by Crippen LogP contribution is -2.29. The molecule has 0 bridgehead atoms. The lowest BCUT2D eigenvalue weighted by molar-refractivity contribution is -0.132. The van der Waals surface area contributed by atoms with Crippen molar-refractivity contribution in [2.24, 2.45) is 0 Å². The minimum absolute atomic E-state index is 0.0466. The van der Waals surface area contributed by atoms with Crippen LogP contribution in [-0.4, -0.2) is 41.0 Å². The van der Waals surface area contributed by atoms with Crippen molar-refractivity contribution < 1.29 is 29.0 Å². The van der Waals surface area contributed by atoms with Crippen LogP contribution in [0.3, 0.4) is 0 Å². The van der Waals surface area contributed by atoms with Crippen LogP contribution in [0, 0.1) is 20.8 Å². The largest absolute Gasteiger partial charge is 0.507 e. The van der Waals surface area contributed by atoms with Crippen LogP contribution >= 0.6 is 11.3 Å². The molecule has 4 rings (SSSR count). The molecule has 1 saturated heterocycles. The molecule has 8 nitrogen and oxygen atoms in total. The number of ether oxygens (including phenoxy) is 2. The number of esters is 1. The van der Waals surface area contributed by atoms with Crippen molar-refractivity contribution in [2.75, 3.05) is 18.1 Å². The average molecular weight is 535 g/mol. The van der Waals surface area contributed by atoms with E-state index in [1.807, 2.05) is 38.1 Å². The highest BCUT2D eigenvalue weighted by atomic mass is 32.1. The van der Waals surface area contributed by atoms with Gasteiger partial charge in [0.25, 0.3) is 5.78 Å². The fraction of sp³-hybridized carbons (Fsp3) is 0.310. The van der Waals surface area contributed by atoms with Gasteiger partial charge in [-0.2, -0.15) is 0 Å². The molecule has 2 heterocycles. The molecule has 1 aromatic heterocycles. The Hall–Kier alpha value is -3.98. The lowest BCUT2D eigenvalue weighted by Gasteiger charge is -2.23. The van der Waals surface area contributed by atoms with Gasteiger partial charge >= 0.3 is 11.9 Å². The van der Waals surface area contributed by atoms with Crippen molar-refractivity contribution in [1.82, 2.24) is 4.98 Å². The van der Waals surface area contributed by atoms with E-state index in [1.54, 1.807) is 39.0 Å². The van der Waals surface area contributed by atoms with Gasteiger partial charge in [-0.3, -0.25) is 14.5 Å². The van der Waals surface area contributed by atoms with Crippen LogP contribution < -0.4 is 9.64 Å². The maximum Gasteiger partial charge on any atom is 0.350 e. The topological polar surface area (TPSA) is 106 Å². The molecule has 1 amide bonds. The van der Waals surface area contributed by atoms with E-state index >= 15 is 0 Å². The van der Waals surface area contributed by atoms with E-state index in [2.05, 4.69) is 4.98 Å². The number of ketones is 1. The van der Waals surface area contributed by atoms with Crippen LogP contribution in [0.5, 0.6) is 5.75 Å². The number of rotatable bonds is 8. The van der Waals surface area contributed by atoms with Gasteiger partial charge in [-0.05, 0) is 63.4 Å². The summed E-state index contributed by atoms with van der Waals surface area (Å²) in [6.45, 7) is 9.86. The predicted molar refractivity (Wildman–Crippen MR) is 146 cm³/mol. The Balaban J connectivity index is 1.87. The highest BCUT2D eigenvalue weighted by Crippen LogP contribution is 2.44. The molecule has 0 radical (unpaired) electrons. The second-order valence-electron chi connectivity index (χ2n) is 9.04. The minimum atomic E-state index is -0.938. The number of thiazole rings is 1. The van der Waals surface area contributed by atoms with Gasteiger partial charge in [0.1, 0.15) is 16.4 Å². The number of amides is 1. The Kier molecular flexibility index (Phi) is 7.97. The van der Waals surface area contributed by atoms with Gasteiger partial charge in [0.15, 0.2) is 5.13 Å². The van der Waals surface area contributed by atoms with Crippen LogP contribution in [0.1, 0.15) is 63.9 Å². The summed E-state index contributed by atoms with van der Waals surface area (Å²) in [5.41, 5.74) is 3.09. The summed E-state index contributed by atoms with van der Waals surface area (Å²) in [4.78, 5) is 45.3. The Morgan fingerprint density at radius 1 is 1.08 bits per heavy atom. The Labute approximate surface area is 225 Å². The third kappa shape index (κ3) is 5.06. The molecule has 9 heteroatoms. The molecule has 198 valence electrons. The van der Waals surface area contributed by atoms with E-state index in [0.717, 1.165) is 23.3 Å². The smallest absolute Gasteiger partial charge is 0.350 e. The van der Waals surface area contributed by atoms with E-state index in [9.17, 15) is 19.5 Å². The Bertz CT molecular complexity index is 1420. The van der Waals surface area contributed by atoms with Gasteiger partial charge < -0.3 is 14.6 Å². The second kappa shape index (κ2) is 11.2. The van der Waals surface area contributed by atoms with Crippen molar-refractivity contribution >= 4 is 39.9 Å². The van der Waals surface area contributed by atoms with Crippen LogP contribution in [0.25, 0.3) is 5.76 Å². The van der Waals surface area contributed by atoms with E-state index in [4.69, 9.17) is 9.47 Å². The van der Waals surface area contributed by atoms with Gasteiger partial charge in [0, 0.05) is 5.56 Å². The number of carbonyl (C=O) groups excluding carboxylic acids is 3. The normalized spacial score (nSPS) is 16.7. The monoisotopic (exact) mass is 534 g/mol. The lowest BCUT2D eigenvalue weighted by atomic mass is 9.93. The van der Waals surface area contributed by atoms with Gasteiger partial charge in [0.05, 0.1) is 30.5 Å². The second-order valence-corrected chi connectivity index (χ2v) is 10.0. The van der Waals surface area contributed by atoms with Crippen molar-refractivity contribution in [3.05, 3.63) is 80.9 Å². The zero-order chi connectivity index (χ0) is 27.6. The summed E-state index contributed by atoms with van der Waals surface area (Å²) in [6, 6.07) is 11.6. The van der Waals surface area contributed by atoms with Crippen LogP contribution in [0.4, 0.5) is 5.13 Å². The standard InChI is InChI=1S/C29H30N2O6S/c1-6-14-37-20-12-13-21(17(4)15-20)24(32)22-23(19-10-8-16(3)9-11-19)31(27(34)25(22)33)29-30-18(5)26(38-29)28(35)36-7-2/h8-13,15,23,32H,6-7,14H2,1-5H3. The molecular formula is C29H30N2O6S. The number of aliphatic hydroxyl groups excluding tert-OH is 1. The third-order valence-corrected chi connectivity index (χ3v) is 7.35. The molecule has 0 spiro atoms. The minimum Gasteiger partial charge on any atom is -0.507 e. The molecule has 1 unspecified atom stereocenters. The molecule has 38 heavy (non-hydrogen) atoms. The fourth-order valence-electron chi connectivity index (χ4n) is 4.32. The SMILES string of the molecule is CCCOc1ccc(C(O)=C2C(=O)C(=O)N(c3nc(C)c(C(=O)OCC)s3)C2c2ccc(C)cc2)c(C)c1. The van der Waals surface area contributed by atoms with Crippen LogP contribution in [0.2, 0.25) is 0 Å². The quantitative estimate of drug-likeness (QED) is 0.172. The van der Waals surface area contributed by atoms with Crippen LogP contribution in [0.15, 0.2) is 48.0 Å². The van der Waals surface area contributed by atoms with E-state index in [-0.39, 0.29) is 27.9 Å². The van der Waals surface area contributed by atoms with E-state index in [0.29, 0.717) is 34.7 Å². The molecule has 1 aliphatic rings. The molecule has 1 atom stereocenters. The maximum atomic E-state index is 13.5. The van der Waals surface area contributed by atoms with E-state index in [1.165, 1.54) is 4.90 Å². The number of hydrogen-bond donors (Lipinski definition) is 1. The first-order chi connectivity index (χ1) is 18.2. The fourth-order valence-corrected chi connectivity index (χ4v) is 5.31. The number of anilines is 1. The number of hydrogen-bond acceptors (Lipinski definition) is 8. The molecule has 0 saturated carbocycles. The molecule has 1 N–H and O–H groups in total. The number of aryl methyl sites for hydroxylation is 3. The molecule has 2 aromatic carbocycles. The number of aliphatic hydroxyl groups is 1. The summed E-state index contributed by atoms with van der Waals surface area (Å²) in [6.07, 6.45) is 0.856. The van der Waals surface area contributed by atoms with E-state index < -0.39 is 23.7 Å². The summed E-state index contributed by atoms with van der Waals surface area (Å²) in [5, 5.41) is 11.7. The number of aromatic nitrogens is 1. The van der Waals surface area contributed by atoms with Gasteiger partial charge in [-0.15, -0.1) is 0 Å². The van der Waals surface area contributed by atoms with Crippen molar-refractivity contribution in [3.63, 3.8) is 0 Å². The van der Waals surface area contributed by atoms with Gasteiger partial charge in [-0.1, -0.05) is 48.1 Å². The summed E-state index contributed by atoms with van der Waals surface area (Å²) in [5.74, 6) is -1.83. The molecule has 1 aliphatic heterocycles. The zero-order valence-electron chi connectivity index (χ0n) is 22.0. The Morgan fingerprint density at radius 3 is 2.42 bits per heavy atom. The third-order valence-electron chi connectivity index (χ3n) is 6.22. The predicted octanol–water partition coefficient (Wildman–Crippen LogP) is 5.66. The first-order valence-corrected chi connectivity index (χ1v) is 13.2. The van der Waals surface area contributed by atoms with Crippen molar-refractivity contribution in [3.8, 4) is 5.75 Å². The molecule has 3 aromatic rings. The highest BCUT2D eigenvalue weighted by molar-refractivity contribution is 7.17. The number of Topliss-reactive ketones (excluding diaryl/α,β-unsaturated/α-hetero) is 1. The summed E-state index contributed by atoms with van der Waals surface area (Å²) >= 11 is 0.981. The first kappa shape index (κ1) is 27.1. The van der Waals surface area contributed by atoms with Crippen LogP contribution in [-0.2, 0) is 14.3 Å². The molecule has 1 fully saturated rings. The number of benzene rings is 2. The molecular weight excluding hydrogens is 504 g/mol. The summed E-state index contributed by atoms with van der Waals surface area (Å²) < 4.78 is 10.8. The summed E-state index contributed by atoms with van der Waals surface area (Å²) in [7, 11) is 0. The maximum absolute atomic E-state index is 13.5. The van der Waals surface area contributed by atoms with Gasteiger partial charge in [-0.25, -0.2) is 9.78 Å². The highest BCUT2D eigenvalue weighted by Gasteiger charge is 2.48. The van der Waals surface area contributed by atoms with Gasteiger partial charge in [0.2, 0.25) is 0 Å². The average Bonchev–Trinajstić information content (AvgIpc) is 3.39.